The zero-order chi connectivity index (χ0) is 17.7. The van der Waals surface area contributed by atoms with Crippen molar-refractivity contribution < 1.29 is 8.78 Å². The first-order valence-electron chi connectivity index (χ1n) is 7.74. The fraction of sp³-hybridized carbons (Fsp3) is 0.235. The van der Waals surface area contributed by atoms with Crippen LogP contribution in [0.2, 0.25) is 5.02 Å². The number of nitrogens with zero attached hydrogens (tertiary/aromatic N) is 4. The number of aromatic nitrogens is 5. The minimum Gasteiger partial charge on any atom is -0.289 e. The predicted molar refractivity (Wildman–Crippen MR) is 92.1 cm³/mol. The van der Waals surface area contributed by atoms with Gasteiger partial charge < -0.3 is 0 Å². The number of fused-ring (bicyclic) bond motifs is 2. The van der Waals surface area contributed by atoms with E-state index in [2.05, 4.69) is 20.2 Å². The molecule has 0 aliphatic heterocycles. The van der Waals surface area contributed by atoms with Crippen molar-refractivity contribution in [2.24, 2.45) is 0 Å². The molecular weight excluding hydrogens is 348 g/mol. The van der Waals surface area contributed by atoms with Gasteiger partial charge in [-0.1, -0.05) is 25.4 Å². The third-order valence-corrected chi connectivity index (χ3v) is 4.41. The van der Waals surface area contributed by atoms with Crippen LogP contribution >= 0.6 is 11.6 Å². The van der Waals surface area contributed by atoms with Gasteiger partial charge in [-0.3, -0.25) is 9.50 Å². The molecule has 4 aromatic rings. The summed E-state index contributed by atoms with van der Waals surface area (Å²) in [6.07, 6.45) is 1.85. The van der Waals surface area contributed by atoms with Crippen molar-refractivity contribution in [2.75, 3.05) is 0 Å². The van der Waals surface area contributed by atoms with Crippen LogP contribution in [0.3, 0.4) is 0 Å². The Bertz CT molecular complexity index is 1080. The number of alkyl halides is 2. The average Bonchev–Trinajstić information content (AvgIpc) is 3.20. The van der Waals surface area contributed by atoms with Crippen LogP contribution in [0.15, 0.2) is 30.9 Å². The summed E-state index contributed by atoms with van der Waals surface area (Å²) in [6.45, 7) is 3.99. The first-order valence-corrected chi connectivity index (χ1v) is 8.12. The van der Waals surface area contributed by atoms with Crippen molar-refractivity contribution >= 4 is 28.2 Å². The third kappa shape index (κ3) is 2.55. The Morgan fingerprint density at radius 3 is 2.76 bits per heavy atom. The van der Waals surface area contributed by atoms with Crippen LogP contribution in [-0.2, 0) is 0 Å². The fourth-order valence-corrected chi connectivity index (χ4v) is 3.24. The van der Waals surface area contributed by atoms with E-state index < -0.39 is 6.43 Å². The summed E-state index contributed by atoms with van der Waals surface area (Å²) >= 11 is 6.35. The van der Waals surface area contributed by atoms with Gasteiger partial charge in [-0.15, -0.1) is 0 Å². The Labute approximate surface area is 146 Å². The van der Waals surface area contributed by atoms with Gasteiger partial charge in [0.15, 0.2) is 0 Å². The van der Waals surface area contributed by atoms with E-state index in [0.29, 0.717) is 16.2 Å². The second kappa shape index (κ2) is 5.77. The van der Waals surface area contributed by atoms with Crippen LogP contribution in [-0.4, -0.2) is 24.6 Å². The molecule has 0 aliphatic rings. The zero-order valence-electron chi connectivity index (χ0n) is 13.5. The van der Waals surface area contributed by atoms with E-state index in [1.807, 2.05) is 19.9 Å². The standard InChI is InChI=1S/C17H14ClF2N5/c1-8(2)14-13(9-3-10-5-22-24-15(10)11(18)4-9)17-23-12(16(19)20)6-25(17)7-21-14/h3-8,16H,1-2H3,(H,22,24). The van der Waals surface area contributed by atoms with Gasteiger partial charge in [-0.05, 0) is 23.6 Å². The lowest BCUT2D eigenvalue weighted by atomic mass is 9.97. The molecule has 0 atom stereocenters. The highest BCUT2D eigenvalue weighted by atomic mass is 35.5. The van der Waals surface area contributed by atoms with Crippen LogP contribution in [0, 0.1) is 0 Å². The van der Waals surface area contributed by atoms with Crippen molar-refractivity contribution in [3.63, 3.8) is 0 Å². The Morgan fingerprint density at radius 2 is 2.04 bits per heavy atom. The SMILES string of the molecule is CC(C)c1ncn2cc(C(F)F)nc2c1-c1cc(Cl)c2[nH]ncc2c1. The topological polar surface area (TPSA) is 58.9 Å². The molecule has 25 heavy (non-hydrogen) atoms. The molecule has 0 bridgehead atoms. The van der Waals surface area contributed by atoms with E-state index in [1.54, 1.807) is 12.3 Å². The van der Waals surface area contributed by atoms with Crippen molar-refractivity contribution in [3.8, 4) is 11.1 Å². The molecule has 0 unspecified atom stereocenters. The lowest BCUT2D eigenvalue weighted by molar-refractivity contribution is 0.147. The van der Waals surface area contributed by atoms with Crippen LogP contribution < -0.4 is 0 Å². The molecule has 0 saturated heterocycles. The largest absolute Gasteiger partial charge is 0.289 e. The second-order valence-corrected chi connectivity index (χ2v) is 6.56. The maximum atomic E-state index is 13.1. The molecular formula is C17H14ClF2N5. The van der Waals surface area contributed by atoms with Crippen LogP contribution in [0.1, 0.15) is 37.6 Å². The quantitative estimate of drug-likeness (QED) is 0.559. The molecule has 1 N–H and O–H groups in total. The van der Waals surface area contributed by atoms with Crippen LogP contribution in [0.4, 0.5) is 8.78 Å². The summed E-state index contributed by atoms with van der Waals surface area (Å²) < 4.78 is 27.7. The predicted octanol–water partition coefficient (Wildman–Crippen LogP) is 4.99. The summed E-state index contributed by atoms with van der Waals surface area (Å²) in [5.41, 5.74) is 3.14. The van der Waals surface area contributed by atoms with Gasteiger partial charge in [0, 0.05) is 17.1 Å². The molecule has 3 heterocycles. The summed E-state index contributed by atoms with van der Waals surface area (Å²) in [5.74, 6) is 0.0884. The first-order chi connectivity index (χ1) is 12.0. The number of nitrogens with one attached hydrogen (secondary N) is 1. The fourth-order valence-electron chi connectivity index (χ4n) is 2.97. The Kier molecular flexibility index (Phi) is 3.68. The van der Waals surface area contributed by atoms with E-state index in [0.717, 1.165) is 22.2 Å². The maximum absolute atomic E-state index is 13.1. The summed E-state index contributed by atoms with van der Waals surface area (Å²) in [7, 11) is 0. The monoisotopic (exact) mass is 361 g/mol. The number of hydrogen-bond donors (Lipinski definition) is 1. The molecule has 0 radical (unpaired) electrons. The number of hydrogen-bond acceptors (Lipinski definition) is 3. The summed E-state index contributed by atoms with van der Waals surface area (Å²) in [6, 6.07) is 3.69. The first kappa shape index (κ1) is 16.0. The molecule has 5 nitrogen and oxygen atoms in total. The number of aromatic amines is 1. The lowest BCUT2D eigenvalue weighted by Crippen LogP contribution is -2.01. The van der Waals surface area contributed by atoms with Gasteiger partial charge >= 0.3 is 0 Å². The highest BCUT2D eigenvalue weighted by Gasteiger charge is 2.20. The lowest BCUT2D eigenvalue weighted by Gasteiger charge is -2.13. The number of imidazole rings is 1. The molecule has 1 aromatic carbocycles. The molecule has 0 spiro atoms. The van der Waals surface area contributed by atoms with Gasteiger partial charge in [0.05, 0.1) is 22.4 Å². The van der Waals surface area contributed by atoms with E-state index in [4.69, 9.17) is 11.6 Å². The highest BCUT2D eigenvalue weighted by Crippen LogP contribution is 2.36. The molecule has 0 fully saturated rings. The number of benzene rings is 1. The van der Waals surface area contributed by atoms with Crippen molar-refractivity contribution in [3.05, 3.63) is 47.3 Å². The van der Waals surface area contributed by atoms with Crippen molar-refractivity contribution in [2.45, 2.75) is 26.2 Å². The van der Waals surface area contributed by atoms with Gasteiger partial charge in [0.25, 0.3) is 6.43 Å². The molecule has 0 saturated carbocycles. The average molecular weight is 362 g/mol. The number of rotatable bonds is 3. The normalized spacial score (nSPS) is 12.1. The van der Waals surface area contributed by atoms with Gasteiger partial charge in [0.2, 0.25) is 0 Å². The van der Waals surface area contributed by atoms with Crippen molar-refractivity contribution in [1.29, 1.82) is 0 Å². The molecule has 128 valence electrons. The molecule has 0 amide bonds. The van der Waals surface area contributed by atoms with Gasteiger partial charge in [-0.25, -0.2) is 18.7 Å². The number of halogens is 3. The van der Waals surface area contributed by atoms with E-state index >= 15 is 0 Å². The second-order valence-electron chi connectivity index (χ2n) is 6.15. The molecule has 4 rings (SSSR count). The molecule has 0 aliphatic carbocycles. The van der Waals surface area contributed by atoms with Crippen LogP contribution in [0.25, 0.3) is 27.7 Å². The summed E-state index contributed by atoms with van der Waals surface area (Å²) in [4.78, 5) is 8.60. The van der Waals surface area contributed by atoms with E-state index in [-0.39, 0.29) is 11.6 Å². The minimum atomic E-state index is -2.64. The molecule has 8 heteroatoms. The Balaban J connectivity index is 2.07. The Morgan fingerprint density at radius 1 is 1.24 bits per heavy atom. The zero-order valence-corrected chi connectivity index (χ0v) is 14.2. The molecule has 3 aromatic heterocycles. The highest BCUT2D eigenvalue weighted by molar-refractivity contribution is 6.35. The smallest absolute Gasteiger partial charge is 0.281 e. The van der Waals surface area contributed by atoms with E-state index in [9.17, 15) is 8.78 Å². The summed E-state index contributed by atoms with van der Waals surface area (Å²) in [5, 5.41) is 8.18. The van der Waals surface area contributed by atoms with E-state index in [1.165, 1.54) is 16.9 Å². The number of H-pyrrole nitrogens is 1. The van der Waals surface area contributed by atoms with Gasteiger partial charge in [0.1, 0.15) is 17.7 Å². The van der Waals surface area contributed by atoms with Crippen LogP contribution in [0.5, 0.6) is 0 Å². The van der Waals surface area contributed by atoms with Crippen molar-refractivity contribution in [1.82, 2.24) is 24.6 Å². The Hall–Kier alpha value is -2.54. The minimum absolute atomic E-state index is 0.0884. The maximum Gasteiger partial charge on any atom is 0.281 e. The van der Waals surface area contributed by atoms with Gasteiger partial charge in [-0.2, -0.15) is 5.10 Å². The third-order valence-electron chi connectivity index (χ3n) is 4.11.